The van der Waals surface area contributed by atoms with Gasteiger partial charge in [-0.3, -0.25) is 4.79 Å². The Morgan fingerprint density at radius 3 is 2.24 bits per heavy atom. The topological polar surface area (TPSA) is 78.9 Å². The quantitative estimate of drug-likeness (QED) is 0.379. The predicted molar refractivity (Wildman–Crippen MR) is 84.9 cm³/mol. The minimum atomic E-state index is -0.00857. The van der Waals surface area contributed by atoms with Crippen molar-refractivity contribution >= 4 is 11.7 Å². The Hall–Kier alpha value is -2.04. The first kappa shape index (κ1) is 17.0. The second-order valence-electron chi connectivity index (χ2n) is 5.71. The number of benzene rings is 1. The molecule has 1 aromatic rings. The van der Waals surface area contributed by atoms with E-state index < -0.39 is 0 Å². The third-order valence-corrected chi connectivity index (χ3v) is 3.51. The van der Waals surface area contributed by atoms with E-state index in [9.17, 15) is 4.79 Å². The van der Waals surface area contributed by atoms with Gasteiger partial charge >= 0.3 is 0 Å². The number of hydrogen-bond donors (Lipinski definition) is 2. The largest absolute Gasteiger partial charge is 0.409 e. The van der Waals surface area contributed by atoms with Crippen LogP contribution < -0.4 is 5.73 Å². The summed E-state index contributed by atoms with van der Waals surface area (Å²) < 4.78 is 0. The maximum atomic E-state index is 12.8. The van der Waals surface area contributed by atoms with E-state index in [-0.39, 0.29) is 17.8 Å². The van der Waals surface area contributed by atoms with Crippen LogP contribution in [0.1, 0.15) is 47.3 Å². The van der Waals surface area contributed by atoms with E-state index in [0.717, 1.165) is 22.3 Å². The van der Waals surface area contributed by atoms with Crippen LogP contribution in [-0.4, -0.2) is 34.4 Å². The van der Waals surface area contributed by atoms with Gasteiger partial charge in [-0.05, 0) is 45.7 Å². The van der Waals surface area contributed by atoms with E-state index in [1.165, 1.54) is 0 Å². The summed E-state index contributed by atoms with van der Waals surface area (Å²) in [6.07, 6.45) is 0.352. The third kappa shape index (κ3) is 4.21. The summed E-state index contributed by atoms with van der Waals surface area (Å²) in [7, 11) is 0. The van der Waals surface area contributed by atoms with Crippen LogP contribution >= 0.6 is 0 Å². The summed E-state index contributed by atoms with van der Waals surface area (Å²) >= 11 is 0. The van der Waals surface area contributed by atoms with Gasteiger partial charge in [-0.25, -0.2) is 0 Å². The van der Waals surface area contributed by atoms with Crippen LogP contribution in [0.3, 0.4) is 0 Å². The van der Waals surface area contributed by atoms with E-state index >= 15 is 0 Å². The number of nitrogens with zero attached hydrogens (tertiary/aromatic N) is 2. The van der Waals surface area contributed by atoms with Gasteiger partial charge in [0, 0.05) is 24.6 Å². The molecule has 0 aliphatic heterocycles. The maximum Gasteiger partial charge on any atom is 0.254 e. The molecule has 0 aromatic heterocycles. The molecule has 1 amide bonds. The van der Waals surface area contributed by atoms with Gasteiger partial charge < -0.3 is 15.8 Å². The van der Waals surface area contributed by atoms with Crippen molar-refractivity contribution in [1.82, 2.24) is 4.90 Å². The fourth-order valence-electron chi connectivity index (χ4n) is 2.54. The van der Waals surface area contributed by atoms with Crippen molar-refractivity contribution in [2.75, 3.05) is 6.54 Å². The van der Waals surface area contributed by atoms with E-state index in [4.69, 9.17) is 10.9 Å². The summed E-state index contributed by atoms with van der Waals surface area (Å²) in [6.45, 7) is 10.3. The van der Waals surface area contributed by atoms with Crippen LogP contribution in [0.2, 0.25) is 0 Å². The van der Waals surface area contributed by atoms with Crippen molar-refractivity contribution in [3.8, 4) is 0 Å². The van der Waals surface area contributed by atoms with Gasteiger partial charge in [-0.2, -0.15) is 0 Å². The number of aryl methyl sites for hydroxylation is 3. The van der Waals surface area contributed by atoms with Crippen LogP contribution in [0, 0.1) is 20.8 Å². The minimum Gasteiger partial charge on any atom is -0.409 e. The molecule has 0 radical (unpaired) electrons. The molecule has 1 rings (SSSR count). The molecule has 0 atom stereocenters. The number of carbonyl (C=O) groups is 1. The SMILES string of the molecule is Cc1cc(C)c(C(=O)N(CCC(N)=NO)C(C)C)c(C)c1. The van der Waals surface area contributed by atoms with Crippen molar-refractivity contribution in [3.63, 3.8) is 0 Å². The number of nitrogens with two attached hydrogens (primary N) is 1. The third-order valence-electron chi connectivity index (χ3n) is 3.51. The summed E-state index contributed by atoms with van der Waals surface area (Å²) in [6, 6.07) is 4.08. The zero-order valence-electron chi connectivity index (χ0n) is 13.5. The fraction of sp³-hybridized carbons (Fsp3) is 0.500. The molecule has 3 N–H and O–H groups in total. The zero-order chi connectivity index (χ0) is 16.2. The second-order valence-corrected chi connectivity index (χ2v) is 5.71. The second kappa shape index (κ2) is 7.11. The number of carbonyl (C=O) groups excluding carboxylic acids is 1. The Balaban J connectivity index is 3.07. The van der Waals surface area contributed by atoms with Gasteiger partial charge in [0.1, 0.15) is 5.84 Å². The molecule has 0 saturated heterocycles. The maximum absolute atomic E-state index is 12.8. The summed E-state index contributed by atoms with van der Waals surface area (Å²) in [5, 5.41) is 11.6. The van der Waals surface area contributed by atoms with Gasteiger partial charge in [0.25, 0.3) is 5.91 Å². The molecule has 5 nitrogen and oxygen atoms in total. The monoisotopic (exact) mass is 291 g/mol. The van der Waals surface area contributed by atoms with Crippen molar-refractivity contribution < 1.29 is 10.0 Å². The number of hydrogen-bond acceptors (Lipinski definition) is 3. The van der Waals surface area contributed by atoms with Gasteiger partial charge in [-0.1, -0.05) is 22.9 Å². The smallest absolute Gasteiger partial charge is 0.254 e. The van der Waals surface area contributed by atoms with Gasteiger partial charge in [0.05, 0.1) is 0 Å². The molecular formula is C16H25N3O2. The average molecular weight is 291 g/mol. The highest BCUT2D eigenvalue weighted by molar-refractivity contribution is 5.97. The molecule has 0 spiro atoms. The first-order valence-electron chi connectivity index (χ1n) is 7.13. The Bertz CT molecular complexity index is 527. The molecule has 0 fully saturated rings. The molecule has 0 saturated carbocycles. The molecule has 0 aliphatic carbocycles. The number of oxime groups is 1. The number of amidine groups is 1. The summed E-state index contributed by atoms with van der Waals surface area (Å²) in [4.78, 5) is 14.6. The first-order chi connectivity index (χ1) is 9.77. The van der Waals surface area contributed by atoms with Crippen LogP contribution in [0.15, 0.2) is 17.3 Å². The molecule has 21 heavy (non-hydrogen) atoms. The van der Waals surface area contributed by atoms with Crippen molar-refractivity contribution in [2.24, 2.45) is 10.9 Å². The highest BCUT2D eigenvalue weighted by atomic mass is 16.4. The Morgan fingerprint density at radius 1 is 1.29 bits per heavy atom. The lowest BCUT2D eigenvalue weighted by molar-refractivity contribution is 0.0709. The Morgan fingerprint density at radius 2 is 1.81 bits per heavy atom. The highest BCUT2D eigenvalue weighted by Gasteiger charge is 2.22. The van der Waals surface area contributed by atoms with E-state index in [0.29, 0.717) is 13.0 Å². The molecule has 0 heterocycles. The summed E-state index contributed by atoms with van der Waals surface area (Å²) in [5.41, 5.74) is 9.35. The van der Waals surface area contributed by atoms with E-state index in [1.54, 1.807) is 4.90 Å². The molecular weight excluding hydrogens is 266 g/mol. The predicted octanol–water partition coefficient (Wildman–Crippen LogP) is 2.60. The number of rotatable bonds is 5. The molecule has 1 aromatic carbocycles. The average Bonchev–Trinajstić information content (AvgIpc) is 2.36. The van der Waals surface area contributed by atoms with Crippen LogP contribution in [0.25, 0.3) is 0 Å². The van der Waals surface area contributed by atoms with Gasteiger partial charge in [0.2, 0.25) is 0 Å². The van der Waals surface area contributed by atoms with Gasteiger partial charge in [-0.15, -0.1) is 0 Å². The van der Waals surface area contributed by atoms with Crippen molar-refractivity contribution in [2.45, 2.75) is 47.1 Å². The normalized spacial score (nSPS) is 11.8. The summed E-state index contributed by atoms with van der Waals surface area (Å²) in [5.74, 6) is 0.122. The fourth-order valence-corrected chi connectivity index (χ4v) is 2.54. The van der Waals surface area contributed by atoms with Crippen molar-refractivity contribution in [3.05, 3.63) is 34.4 Å². The first-order valence-corrected chi connectivity index (χ1v) is 7.13. The lowest BCUT2D eigenvalue weighted by atomic mass is 9.98. The standard InChI is InChI=1S/C16H25N3O2/c1-10(2)19(7-6-14(17)18-21)16(20)15-12(4)8-11(3)9-13(15)5/h8-10,21H,6-7H2,1-5H3,(H2,17,18). The minimum absolute atomic E-state index is 0.00857. The number of amides is 1. The molecule has 0 bridgehead atoms. The zero-order valence-corrected chi connectivity index (χ0v) is 13.5. The van der Waals surface area contributed by atoms with E-state index in [2.05, 4.69) is 5.16 Å². The van der Waals surface area contributed by atoms with Crippen LogP contribution in [-0.2, 0) is 0 Å². The highest BCUT2D eigenvalue weighted by Crippen LogP contribution is 2.19. The van der Waals surface area contributed by atoms with Crippen LogP contribution in [0.5, 0.6) is 0 Å². The Labute approximate surface area is 126 Å². The molecule has 5 heteroatoms. The van der Waals surface area contributed by atoms with Crippen LogP contribution in [0.4, 0.5) is 0 Å². The lowest BCUT2D eigenvalue weighted by Gasteiger charge is -2.28. The van der Waals surface area contributed by atoms with E-state index in [1.807, 2.05) is 46.8 Å². The Kier molecular flexibility index (Phi) is 5.76. The van der Waals surface area contributed by atoms with Gasteiger partial charge in [0.15, 0.2) is 0 Å². The van der Waals surface area contributed by atoms with Crippen molar-refractivity contribution in [1.29, 1.82) is 0 Å². The molecule has 116 valence electrons. The molecule has 0 aliphatic rings. The lowest BCUT2D eigenvalue weighted by Crippen LogP contribution is -2.39. The molecule has 0 unspecified atom stereocenters.